The molecule has 0 aliphatic carbocycles. The van der Waals surface area contributed by atoms with Crippen molar-refractivity contribution in [3.8, 4) is 11.5 Å². The summed E-state index contributed by atoms with van der Waals surface area (Å²) in [7, 11) is 1.56. The van der Waals surface area contributed by atoms with Gasteiger partial charge >= 0.3 is 0 Å². The maximum atomic E-state index is 12.1. The Morgan fingerprint density at radius 2 is 1.94 bits per heavy atom. The number of hydrogen-bond acceptors (Lipinski definition) is 5. The minimum absolute atomic E-state index is 0.0124. The predicted octanol–water partition coefficient (Wildman–Crippen LogP) is 4.66. The summed E-state index contributed by atoms with van der Waals surface area (Å²) in [6, 6.07) is 8.20. The molecule has 0 fully saturated rings. The van der Waals surface area contributed by atoms with E-state index in [2.05, 4.69) is 38.4 Å². The van der Waals surface area contributed by atoms with Gasteiger partial charge in [-0.05, 0) is 72.3 Å². The summed E-state index contributed by atoms with van der Waals surface area (Å²) in [5.74, 6) is 0.558. The van der Waals surface area contributed by atoms with E-state index in [-0.39, 0.29) is 35.9 Å². The van der Waals surface area contributed by atoms with Crippen LogP contribution in [0.4, 0.5) is 0 Å². The van der Waals surface area contributed by atoms with Crippen molar-refractivity contribution in [2.24, 2.45) is 5.10 Å². The summed E-state index contributed by atoms with van der Waals surface area (Å²) < 4.78 is 12.0. The highest BCUT2D eigenvalue weighted by Crippen LogP contribution is 2.34. The molecule has 31 heavy (non-hydrogen) atoms. The molecule has 0 bridgehead atoms. The zero-order valence-electron chi connectivity index (χ0n) is 17.2. The van der Waals surface area contributed by atoms with Crippen molar-refractivity contribution < 1.29 is 19.1 Å². The average Bonchev–Trinajstić information content (AvgIpc) is 2.71. The lowest BCUT2D eigenvalue weighted by Gasteiger charge is -2.15. The van der Waals surface area contributed by atoms with E-state index in [0.29, 0.717) is 22.1 Å². The molecule has 0 saturated heterocycles. The number of halogens is 3. The van der Waals surface area contributed by atoms with Crippen molar-refractivity contribution in [2.75, 3.05) is 13.7 Å². The quantitative estimate of drug-likeness (QED) is 0.258. The molecule has 0 heterocycles. The minimum atomic E-state index is -0.347. The van der Waals surface area contributed by atoms with Gasteiger partial charge in [-0.15, -0.1) is 0 Å². The Hall–Kier alpha value is -2.04. The smallest absolute Gasteiger partial charge is 0.251 e. The molecule has 0 aliphatic heterocycles. The van der Waals surface area contributed by atoms with Gasteiger partial charge in [-0.3, -0.25) is 9.59 Å². The van der Waals surface area contributed by atoms with E-state index in [4.69, 9.17) is 32.7 Å². The zero-order valence-corrected chi connectivity index (χ0v) is 20.8. The third kappa shape index (κ3) is 7.86. The normalized spacial score (nSPS) is 10.9. The molecule has 0 saturated carbocycles. The van der Waals surface area contributed by atoms with Gasteiger partial charge in [-0.2, -0.15) is 5.10 Å². The molecule has 0 aromatic heterocycles. The topological polar surface area (TPSA) is 89.0 Å². The summed E-state index contributed by atoms with van der Waals surface area (Å²) in [6.07, 6.45) is 1.58. The molecule has 0 atom stereocenters. The second-order valence-corrected chi connectivity index (χ2v) is 8.61. The number of amides is 2. The zero-order chi connectivity index (χ0) is 23.0. The maximum absolute atomic E-state index is 12.1. The standard InChI is InChI=1S/C21H22Cl2IN3O4/c1-12(2)31-20-17(24)8-13(9-18(20)30-3)11-26-27-19(28)6-7-25-21(29)14-4-5-15(22)16(23)10-14/h4-5,8-12H,6-7H2,1-3H3,(H,25,29)(H,27,28). The average molecular weight is 578 g/mol. The SMILES string of the molecule is COc1cc(C=NNC(=O)CCNC(=O)c2ccc(Cl)c(Cl)c2)cc(I)c1OC(C)C. The molecule has 10 heteroatoms. The third-order valence-electron chi connectivity index (χ3n) is 3.83. The first-order valence-electron chi connectivity index (χ1n) is 9.30. The van der Waals surface area contributed by atoms with Gasteiger partial charge in [0, 0.05) is 18.5 Å². The lowest BCUT2D eigenvalue weighted by Crippen LogP contribution is -2.29. The number of hydrogen-bond donors (Lipinski definition) is 2. The van der Waals surface area contributed by atoms with Crippen molar-refractivity contribution in [3.63, 3.8) is 0 Å². The summed E-state index contributed by atoms with van der Waals surface area (Å²) in [5, 5.41) is 7.25. The molecule has 2 aromatic carbocycles. The van der Waals surface area contributed by atoms with Crippen LogP contribution in [-0.2, 0) is 4.79 Å². The third-order valence-corrected chi connectivity index (χ3v) is 5.37. The fraction of sp³-hybridized carbons (Fsp3) is 0.286. The summed E-state index contributed by atoms with van der Waals surface area (Å²) in [5.41, 5.74) is 3.53. The van der Waals surface area contributed by atoms with Crippen LogP contribution in [0.25, 0.3) is 0 Å². The monoisotopic (exact) mass is 577 g/mol. The minimum Gasteiger partial charge on any atom is -0.493 e. The van der Waals surface area contributed by atoms with Crippen LogP contribution in [0, 0.1) is 3.57 Å². The lowest BCUT2D eigenvalue weighted by molar-refractivity contribution is -0.120. The molecule has 2 amide bonds. The van der Waals surface area contributed by atoms with Crippen molar-refractivity contribution in [1.29, 1.82) is 0 Å². The lowest BCUT2D eigenvalue weighted by atomic mass is 10.2. The predicted molar refractivity (Wildman–Crippen MR) is 131 cm³/mol. The molecule has 0 unspecified atom stereocenters. The molecule has 2 rings (SSSR count). The van der Waals surface area contributed by atoms with Gasteiger partial charge in [0.15, 0.2) is 11.5 Å². The second kappa shape index (κ2) is 12.1. The van der Waals surface area contributed by atoms with Gasteiger partial charge in [0.2, 0.25) is 5.91 Å². The molecule has 0 aliphatic rings. The van der Waals surface area contributed by atoms with Gasteiger partial charge in [0.1, 0.15) is 0 Å². The first-order chi connectivity index (χ1) is 14.7. The van der Waals surface area contributed by atoms with E-state index >= 15 is 0 Å². The van der Waals surface area contributed by atoms with E-state index in [9.17, 15) is 9.59 Å². The van der Waals surface area contributed by atoms with Gasteiger partial charge in [0.25, 0.3) is 5.91 Å². The number of carbonyl (C=O) groups is 2. The summed E-state index contributed by atoms with van der Waals surface area (Å²) >= 11 is 13.9. The number of carbonyl (C=O) groups excluding carboxylic acids is 2. The Balaban J connectivity index is 1.86. The van der Waals surface area contributed by atoms with Crippen LogP contribution < -0.4 is 20.2 Å². The summed E-state index contributed by atoms with van der Waals surface area (Å²) in [6.45, 7) is 4.02. The highest BCUT2D eigenvalue weighted by atomic mass is 127. The van der Waals surface area contributed by atoms with Gasteiger partial charge in [-0.1, -0.05) is 23.2 Å². The van der Waals surface area contributed by atoms with E-state index in [1.807, 2.05) is 19.9 Å². The van der Waals surface area contributed by atoms with Gasteiger partial charge in [-0.25, -0.2) is 5.43 Å². The Labute approximate surface area is 204 Å². The molecular formula is C21H22Cl2IN3O4. The van der Waals surface area contributed by atoms with E-state index < -0.39 is 0 Å². The van der Waals surface area contributed by atoms with Gasteiger partial charge < -0.3 is 14.8 Å². The number of hydrazone groups is 1. The van der Waals surface area contributed by atoms with Crippen molar-refractivity contribution in [3.05, 3.63) is 55.1 Å². The van der Waals surface area contributed by atoms with Crippen LogP contribution in [0.3, 0.4) is 0 Å². The maximum Gasteiger partial charge on any atom is 0.251 e. The first-order valence-corrected chi connectivity index (χ1v) is 11.1. The Morgan fingerprint density at radius 1 is 1.19 bits per heavy atom. The number of ether oxygens (including phenoxy) is 2. The number of nitrogens with one attached hydrogen (secondary N) is 2. The molecular weight excluding hydrogens is 556 g/mol. The fourth-order valence-corrected chi connectivity index (χ4v) is 3.48. The Morgan fingerprint density at radius 3 is 2.58 bits per heavy atom. The van der Waals surface area contributed by atoms with E-state index in [1.165, 1.54) is 18.3 Å². The van der Waals surface area contributed by atoms with Crippen LogP contribution in [-0.4, -0.2) is 37.8 Å². The molecule has 2 N–H and O–H groups in total. The first kappa shape index (κ1) is 25.2. The van der Waals surface area contributed by atoms with Crippen LogP contribution in [0.2, 0.25) is 10.0 Å². The Bertz CT molecular complexity index is 983. The van der Waals surface area contributed by atoms with Crippen molar-refractivity contribution >= 4 is 63.8 Å². The van der Waals surface area contributed by atoms with Crippen LogP contribution in [0.15, 0.2) is 35.4 Å². The molecule has 0 radical (unpaired) electrons. The number of nitrogens with zero attached hydrogens (tertiary/aromatic N) is 1. The Kier molecular flexibility index (Phi) is 9.86. The van der Waals surface area contributed by atoms with E-state index in [1.54, 1.807) is 19.2 Å². The van der Waals surface area contributed by atoms with Crippen LogP contribution in [0.5, 0.6) is 11.5 Å². The van der Waals surface area contributed by atoms with Crippen LogP contribution in [0.1, 0.15) is 36.2 Å². The number of rotatable bonds is 9. The molecule has 166 valence electrons. The van der Waals surface area contributed by atoms with Crippen molar-refractivity contribution in [1.82, 2.24) is 10.7 Å². The molecule has 0 spiro atoms. The second-order valence-electron chi connectivity index (χ2n) is 6.63. The summed E-state index contributed by atoms with van der Waals surface area (Å²) in [4.78, 5) is 24.0. The number of benzene rings is 2. The molecule has 7 nitrogen and oxygen atoms in total. The largest absolute Gasteiger partial charge is 0.493 e. The van der Waals surface area contributed by atoms with E-state index in [0.717, 1.165) is 9.13 Å². The van der Waals surface area contributed by atoms with Gasteiger partial charge in [0.05, 0.1) is 33.0 Å². The number of methoxy groups -OCH3 is 1. The highest BCUT2D eigenvalue weighted by Gasteiger charge is 2.13. The van der Waals surface area contributed by atoms with Crippen LogP contribution >= 0.6 is 45.8 Å². The fourth-order valence-electron chi connectivity index (χ4n) is 2.43. The highest BCUT2D eigenvalue weighted by molar-refractivity contribution is 14.1. The van der Waals surface area contributed by atoms with Crippen molar-refractivity contribution in [2.45, 2.75) is 26.4 Å². The molecule has 2 aromatic rings.